The van der Waals surface area contributed by atoms with Gasteiger partial charge in [0.25, 0.3) is 5.91 Å². The molecule has 102 valence electrons. The maximum Gasteiger partial charge on any atom is 0.252 e. The molecule has 0 unspecified atom stereocenters. The van der Waals surface area contributed by atoms with Crippen molar-refractivity contribution < 1.29 is 9.53 Å². The Bertz CT molecular complexity index is 682. The monoisotopic (exact) mass is 287 g/mol. The molecule has 0 radical (unpaired) electrons. The quantitative estimate of drug-likeness (QED) is 0.920. The third-order valence-corrected chi connectivity index (χ3v) is 3.79. The average molecular weight is 288 g/mol. The van der Waals surface area contributed by atoms with Crippen LogP contribution in [0.15, 0.2) is 36.4 Å². The molecule has 0 bridgehead atoms. The third kappa shape index (κ3) is 2.14. The van der Waals surface area contributed by atoms with Crippen LogP contribution in [0.4, 0.5) is 0 Å². The molecule has 3 nitrogen and oxygen atoms in total. The van der Waals surface area contributed by atoms with Crippen LogP contribution in [-0.4, -0.2) is 19.6 Å². The topological polar surface area (TPSA) is 38.3 Å². The second kappa shape index (κ2) is 5.17. The maximum atomic E-state index is 11.8. The zero-order chi connectivity index (χ0) is 14.1. The molecule has 1 aliphatic rings. The lowest BCUT2D eigenvalue weighted by Gasteiger charge is -2.10. The fourth-order valence-electron chi connectivity index (χ4n) is 2.44. The Hall–Kier alpha value is -2.00. The van der Waals surface area contributed by atoms with Gasteiger partial charge in [-0.3, -0.25) is 4.79 Å². The van der Waals surface area contributed by atoms with Crippen molar-refractivity contribution in [1.82, 2.24) is 5.32 Å². The van der Waals surface area contributed by atoms with Gasteiger partial charge >= 0.3 is 0 Å². The van der Waals surface area contributed by atoms with Crippen molar-refractivity contribution in [2.45, 2.75) is 6.42 Å². The number of para-hydroxylation sites is 1. The SMILES string of the molecule is CNC(=O)c1cc(-c2cccc3c2OCC3)ccc1Cl. The van der Waals surface area contributed by atoms with Gasteiger partial charge in [0.1, 0.15) is 5.75 Å². The molecule has 0 saturated heterocycles. The van der Waals surface area contributed by atoms with Gasteiger partial charge in [-0.25, -0.2) is 0 Å². The molecule has 0 saturated carbocycles. The minimum absolute atomic E-state index is 0.189. The van der Waals surface area contributed by atoms with Crippen molar-refractivity contribution in [3.8, 4) is 16.9 Å². The molecular weight excluding hydrogens is 274 g/mol. The molecule has 1 aliphatic heterocycles. The smallest absolute Gasteiger partial charge is 0.252 e. The summed E-state index contributed by atoms with van der Waals surface area (Å²) in [5.41, 5.74) is 3.62. The molecule has 20 heavy (non-hydrogen) atoms. The van der Waals surface area contributed by atoms with Gasteiger partial charge in [-0.15, -0.1) is 0 Å². The van der Waals surface area contributed by atoms with E-state index in [9.17, 15) is 4.79 Å². The Labute approximate surface area is 122 Å². The van der Waals surface area contributed by atoms with Gasteiger partial charge in [0, 0.05) is 19.0 Å². The van der Waals surface area contributed by atoms with Crippen LogP contribution in [0.5, 0.6) is 5.75 Å². The zero-order valence-electron chi connectivity index (χ0n) is 11.1. The van der Waals surface area contributed by atoms with Crippen molar-refractivity contribution in [2.75, 3.05) is 13.7 Å². The second-order valence-corrected chi connectivity index (χ2v) is 5.07. The van der Waals surface area contributed by atoms with Gasteiger partial charge in [-0.1, -0.05) is 35.9 Å². The van der Waals surface area contributed by atoms with Crippen LogP contribution in [0.1, 0.15) is 15.9 Å². The number of hydrogen-bond acceptors (Lipinski definition) is 2. The average Bonchev–Trinajstić information content (AvgIpc) is 2.95. The van der Waals surface area contributed by atoms with Crippen LogP contribution in [0.3, 0.4) is 0 Å². The van der Waals surface area contributed by atoms with Gasteiger partial charge in [-0.05, 0) is 23.3 Å². The summed E-state index contributed by atoms with van der Waals surface area (Å²) in [6.07, 6.45) is 0.930. The largest absolute Gasteiger partial charge is 0.492 e. The van der Waals surface area contributed by atoms with Crippen molar-refractivity contribution in [3.05, 3.63) is 52.5 Å². The van der Waals surface area contributed by atoms with E-state index in [1.165, 1.54) is 5.56 Å². The fourth-order valence-corrected chi connectivity index (χ4v) is 2.65. The van der Waals surface area contributed by atoms with Crippen molar-refractivity contribution in [3.63, 3.8) is 0 Å². The number of amides is 1. The highest BCUT2D eigenvalue weighted by atomic mass is 35.5. The van der Waals surface area contributed by atoms with Gasteiger partial charge < -0.3 is 10.1 Å². The summed E-state index contributed by atoms with van der Waals surface area (Å²) >= 11 is 6.08. The summed E-state index contributed by atoms with van der Waals surface area (Å²) in [5, 5.41) is 3.04. The molecule has 0 aromatic heterocycles. The van der Waals surface area contributed by atoms with E-state index < -0.39 is 0 Å². The fraction of sp³-hybridized carbons (Fsp3) is 0.188. The lowest BCUT2D eigenvalue weighted by Crippen LogP contribution is -2.18. The number of fused-ring (bicyclic) bond motifs is 1. The molecular formula is C16H14ClNO2. The Morgan fingerprint density at radius 2 is 2.15 bits per heavy atom. The van der Waals surface area contributed by atoms with Gasteiger partial charge in [0.2, 0.25) is 0 Å². The molecule has 0 spiro atoms. The number of rotatable bonds is 2. The van der Waals surface area contributed by atoms with Crippen molar-refractivity contribution in [1.29, 1.82) is 0 Å². The van der Waals surface area contributed by atoms with E-state index in [4.69, 9.17) is 16.3 Å². The second-order valence-electron chi connectivity index (χ2n) is 4.67. The highest BCUT2D eigenvalue weighted by molar-refractivity contribution is 6.34. The maximum absolute atomic E-state index is 11.8. The molecule has 4 heteroatoms. The molecule has 0 fully saturated rings. The highest BCUT2D eigenvalue weighted by Gasteiger charge is 2.18. The van der Waals surface area contributed by atoms with Crippen molar-refractivity contribution in [2.24, 2.45) is 0 Å². The molecule has 1 amide bonds. The standard InChI is InChI=1S/C16H14ClNO2/c1-18-16(19)13-9-11(5-6-14(13)17)12-4-2-3-10-7-8-20-15(10)12/h2-6,9H,7-8H2,1H3,(H,18,19). The number of halogens is 1. The summed E-state index contributed by atoms with van der Waals surface area (Å²) in [7, 11) is 1.59. The van der Waals surface area contributed by atoms with Crippen LogP contribution in [-0.2, 0) is 6.42 Å². The third-order valence-electron chi connectivity index (χ3n) is 3.46. The van der Waals surface area contributed by atoms with Gasteiger partial charge in [0.05, 0.1) is 17.2 Å². The number of hydrogen-bond donors (Lipinski definition) is 1. The molecule has 2 aromatic rings. The first-order valence-electron chi connectivity index (χ1n) is 6.47. The minimum Gasteiger partial charge on any atom is -0.492 e. The number of carbonyl (C=O) groups excluding carboxylic acids is 1. The highest BCUT2D eigenvalue weighted by Crippen LogP contribution is 2.37. The van der Waals surface area contributed by atoms with E-state index in [0.717, 1.165) is 23.3 Å². The predicted octanol–water partition coefficient (Wildman–Crippen LogP) is 3.30. The van der Waals surface area contributed by atoms with E-state index in [2.05, 4.69) is 11.4 Å². The predicted molar refractivity (Wildman–Crippen MR) is 79.5 cm³/mol. The van der Waals surface area contributed by atoms with Crippen LogP contribution >= 0.6 is 11.6 Å². The van der Waals surface area contributed by atoms with Crippen molar-refractivity contribution >= 4 is 17.5 Å². The first-order chi connectivity index (χ1) is 9.70. The lowest BCUT2D eigenvalue weighted by molar-refractivity contribution is 0.0963. The van der Waals surface area contributed by atoms with E-state index >= 15 is 0 Å². The normalized spacial score (nSPS) is 12.7. The number of carbonyl (C=O) groups is 1. The zero-order valence-corrected chi connectivity index (χ0v) is 11.8. The molecule has 0 atom stereocenters. The Morgan fingerprint density at radius 3 is 2.95 bits per heavy atom. The van der Waals surface area contributed by atoms with Crippen LogP contribution < -0.4 is 10.1 Å². The minimum atomic E-state index is -0.189. The summed E-state index contributed by atoms with van der Waals surface area (Å²) in [5.74, 6) is 0.725. The first kappa shape index (κ1) is 13.0. The number of benzene rings is 2. The van der Waals surface area contributed by atoms with Crippen LogP contribution in [0.2, 0.25) is 5.02 Å². The summed E-state index contributed by atoms with van der Waals surface area (Å²) in [6, 6.07) is 11.5. The van der Waals surface area contributed by atoms with Gasteiger partial charge in [-0.2, -0.15) is 0 Å². The molecule has 0 aliphatic carbocycles. The lowest BCUT2D eigenvalue weighted by atomic mass is 9.99. The van der Waals surface area contributed by atoms with Crippen LogP contribution in [0, 0.1) is 0 Å². The number of ether oxygens (including phenoxy) is 1. The van der Waals surface area contributed by atoms with E-state index in [1.54, 1.807) is 19.2 Å². The van der Waals surface area contributed by atoms with E-state index in [-0.39, 0.29) is 5.91 Å². The number of nitrogens with one attached hydrogen (secondary N) is 1. The van der Waals surface area contributed by atoms with Crippen LogP contribution in [0.25, 0.3) is 11.1 Å². The molecule has 2 aromatic carbocycles. The van der Waals surface area contributed by atoms with E-state index in [0.29, 0.717) is 17.2 Å². The summed E-state index contributed by atoms with van der Waals surface area (Å²) < 4.78 is 5.71. The molecule has 1 N–H and O–H groups in total. The molecule has 1 heterocycles. The summed E-state index contributed by atoms with van der Waals surface area (Å²) in [6.45, 7) is 0.711. The molecule has 3 rings (SSSR count). The Balaban J connectivity index is 2.12. The Kier molecular flexibility index (Phi) is 3.36. The first-order valence-corrected chi connectivity index (χ1v) is 6.85. The van der Waals surface area contributed by atoms with Gasteiger partial charge in [0.15, 0.2) is 0 Å². The van der Waals surface area contributed by atoms with E-state index in [1.807, 2.05) is 18.2 Å². The Morgan fingerprint density at radius 1 is 1.30 bits per heavy atom. The summed E-state index contributed by atoms with van der Waals surface area (Å²) in [4.78, 5) is 11.8.